The zero-order valence-corrected chi connectivity index (χ0v) is 11.7. The Morgan fingerprint density at radius 2 is 2.05 bits per heavy atom. The number of rotatable bonds is 5. The first-order valence-corrected chi connectivity index (χ1v) is 5.93. The average molecular weight is 326 g/mol. The quantitative estimate of drug-likeness (QED) is 0.669. The van der Waals surface area contributed by atoms with Crippen molar-refractivity contribution < 1.29 is 9.47 Å². The van der Waals surface area contributed by atoms with Crippen LogP contribution in [-0.4, -0.2) is 41.1 Å². The first-order chi connectivity index (χ1) is 9.24. The van der Waals surface area contributed by atoms with E-state index in [1.807, 2.05) is 0 Å². The molecule has 0 aliphatic rings. The molecule has 1 aromatic heterocycles. The van der Waals surface area contributed by atoms with Gasteiger partial charge in [0.15, 0.2) is 11.5 Å². The van der Waals surface area contributed by atoms with Gasteiger partial charge in [-0.15, -0.1) is 5.21 Å². The van der Waals surface area contributed by atoms with Crippen molar-refractivity contribution in [2.24, 2.45) is 5.10 Å². The van der Waals surface area contributed by atoms with Crippen molar-refractivity contribution in [3.8, 4) is 11.5 Å². The molecule has 0 unspecified atom stereocenters. The molecule has 8 nitrogen and oxygen atoms in total. The van der Waals surface area contributed by atoms with Crippen LogP contribution in [0.2, 0.25) is 0 Å². The van der Waals surface area contributed by atoms with E-state index >= 15 is 0 Å². The highest BCUT2D eigenvalue weighted by atomic mass is 79.9. The second-order valence-corrected chi connectivity index (χ2v) is 4.14. The summed E-state index contributed by atoms with van der Waals surface area (Å²) in [5, 5.41) is 16.8. The van der Waals surface area contributed by atoms with Crippen molar-refractivity contribution in [2.75, 3.05) is 14.2 Å². The number of nitrogens with zero attached hydrogens (tertiary/aromatic N) is 5. The molecule has 100 valence electrons. The third-order valence-corrected chi connectivity index (χ3v) is 2.87. The molecule has 0 aliphatic heterocycles. The molecule has 0 radical (unpaired) electrons. The van der Waals surface area contributed by atoms with Crippen molar-refractivity contribution in [2.45, 2.75) is 0 Å². The van der Waals surface area contributed by atoms with E-state index in [1.165, 1.54) is 0 Å². The van der Waals surface area contributed by atoms with E-state index < -0.39 is 0 Å². The first-order valence-electron chi connectivity index (χ1n) is 5.13. The van der Waals surface area contributed by atoms with E-state index in [9.17, 15) is 0 Å². The molecule has 0 bridgehead atoms. The summed E-state index contributed by atoms with van der Waals surface area (Å²) in [5.41, 5.74) is 4.54. The third kappa shape index (κ3) is 3.19. The molecule has 1 N–H and O–H groups in total. The minimum atomic E-state index is 0.160. The Balaban J connectivity index is 2.17. The molecule has 1 aromatic carbocycles. The number of methoxy groups -OCH3 is 2. The maximum atomic E-state index is 5.21. The number of ether oxygens (including phenoxy) is 2. The Kier molecular flexibility index (Phi) is 4.29. The molecule has 0 aliphatic carbocycles. The molecule has 0 amide bonds. The Labute approximate surface area is 117 Å². The highest BCUT2D eigenvalue weighted by Gasteiger charge is 2.07. The number of H-pyrrole nitrogens is 1. The Hall–Kier alpha value is -2.16. The predicted molar refractivity (Wildman–Crippen MR) is 72.0 cm³/mol. The van der Waals surface area contributed by atoms with Crippen LogP contribution in [0.15, 0.2) is 21.7 Å². The van der Waals surface area contributed by atoms with Crippen molar-refractivity contribution in [1.29, 1.82) is 0 Å². The van der Waals surface area contributed by atoms with Gasteiger partial charge in [0.1, 0.15) is 0 Å². The van der Waals surface area contributed by atoms with Gasteiger partial charge in [0.05, 0.1) is 20.2 Å². The lowest BCUT2D eigenvalue weighted by atomic mass is 10.2. The second-order valence-electron chi connectivity index (χ2n) is 3.29. The smallest absolute Gasteiger partial charge is 0.161 e. The van der Waals surface area contributed by atoms with Gasteiger partial charge in [0.2, 0.25) is 0 Å². The minimum Gasteiger partial charge on any atom is -0.493 e. The lowest BCUT2D eigenvalue weighted by molar-refractivity contribution is 0.354. The Morgan fingerprint density at radius 1 is 1.32 bits per heavy atom. The molecule has 1 heterocycles. The summed E-state index contributed by atoms with van der Waals surface area (Å²) in [7, 11) is 3.14. The zero-order valence-electron chi connectivity index (χ0n) is 10.2. The highest BCUT2D eigenvalue weighted by Crippen LogP contribution is 2.32. The van der Waals surface area contributed by atoms with Crippen LogP contribution in [0, 0.1) is 0 Å². The van der Waals surface area contributed by atoms with Crippen molar-refractivity contribution in [3.63, 3.8) is 0 Å². The van der Waals surface area contributed by atoms with Crippen LogP contribution in [0.4, 0.5) is 5.95 Å². The summed E-state index contributed by atoms with van der Waals surface area (Å²) >= 11 is 3.41. The monoisotopic (exact) mass is 325 g/mol. The molecular weight excluding hydrogens is 316 g/mol. The fourth-order valence-electron chi connectivity index (χ4n) is 1.31. The SMILES string of the molecule is COc1cc(Br)c(C=N[N-]c2nn[nH]n2)cc1OC. The summed E-state index contributed by atoms with van der Waals surface area (Å²) in [4.78, 5) is 0. The van der Waals surface area contributed by atoms with Crippen LogP contribution in [0.25, 0.3) is 5.43 Å². The zero-order chi connectivity index (χ0) is 13.7. The number of hydrogen-bond donors (Lipinski definition) is 1. The number of aromatic amines is 1. The van der Waals surface area contributed by atoms with Gasteiger partial charge in [-0.2, -0.15) is 0 Å². The highest BCUT2D eigenvalue weighted by molar-refractivity contribution is 9.10. The number of hydrogen-bond acceptors (Lipinski definition) is 6. The summed E-state index contributed by atoms with van der Waals surface area (Å²) in [6.45, 7) is 0. The fourth-order valence-corrected chi connectivity index (χ4v) is 1.74. The van der Waals surface area contributed by atoms with Gasteiger partial charge in [0, 0.05) is 16.3 Å². The van der Waals surface area contributed by atoms with Crippen LogP contribution in [0.5, 0.6) is 11.5 Å². The number of nitrogens with one attached hydrogen (secondary N) is 1. The third-order valence-electron chi connectivity index (χ3n) is 2.18. The van der Waals surface area contributed by atoms with Gasteiger partial charge < -0.3 is 9.47 Å². The molecule has 0 saturated heterocycles. The van der Waals surface area contributed by atoms with Gasteiger partial charge in [-0.3, -0.25) is 20.8 Å². The summed E-state index contributed by atoms with van der Waals surface area (Å²) < 4.78 is 11.2. The standard InChI is InChI=1S/C10H10BrN6O2/c1-18-8-3-6(7(11)4-9(8)19-2)5-12-13-10-14-16-17-15-10/h3-5H,1-2H3,(H-,13,14,15,16,17)/q-1. The van der Waals surface area contributed by atoms with Crippen molar-refractivity contribution in [1.82, 2.24) is 20.6 Å². The van der Waals surface area contributed by atoms with Crippen LogP contribution in [0.1, 0.15) is 5.56 Å². The number of benzene rings is 1. The summed E-state index contributed by atoms with van der Waals surface area (Å²) in [6.07, 6.45) is 1.54. The van der Waals surface area contributed by atoms with Gasteiger partial charge in [-0.1, -0.05) is 0 Å². The topological polar surface area (TPSA) is 99.4 Å². The summed E-state index contributed by atoms with van der Waals surface area (Å²) in [5.74, 6) is 1.39. The number of tetrazole rings is 1. The number of aromatic nitrogens is 4. The minimum absolute atomic E-state index is 0.160. The largest absolute Gasteiger partial charge is 0.493 e. The van der Waals surface area contributed by atoms with Gasteiger partial charge >= 0.3 is 0 Å². The van der Waals surface area contributed by atoms with Crippen molar-refractivity contribution in [3.05, 3.63) is 27.6 Å². The Bertz CT molecular complexity index is 572. The normalized spacial score (nSPS) is 10.7. The fraction of sp³-hybridized carbons (Fsp3) is 0.200. The average Bonchev–Trinajstić information content (AvgIpc) is 2.93. The van der Waals surface area contributed by atoms with E-state index in [-0.39, 0.29) is 5.95 Å². The lowest BCUT2D eigenvalue weighted by Crippen LogP contribution is -1.93. The van der Waals surface area contributed by atoms with Crippen LogP contribution in [0.3, 0.4) is 0 Å². The maximum absolute atomic E-state index is 5.21. The van der Waals surface area contributed by atoms with E-state index in [4.69, 9.17) is 9.47 Å². The Morgan fingerprint density at radius 3 is 2.68 bits per heavy atom. The number of halogens is 1. The maximum Gasteiger partial charge on any atom is 0.161 e. The molecule has 9 heteroatoms. The van der Waals surface area contributed by atoms with Crippen LogP contribution < -0.4 is 9.47 Å². The van der Waals surface area contributed by atoms with Crippen molar-refractivity contribution >= 4 is 28.1 Å². The van der Waals surface area contributed by atoms with E-state index in [1.54, 1.807) is 32.6 Å². The molecule has 19 heavy (non-hydrogen) atoms. The molecule has 2 aromatic rings. The summed E-state index contributed by atoms with van der Waals surface area (Å²) in [6, 6.07) is 3.56. The van der Waals surface area contributed by atoms with E-state index in [0.29, 0.717) is 11.5 Å². The predicted octanol–water partition coefficient (Wildman–Crippen LogP) is 2.02. The van der Waals surface area contributed by atoms with Crippen LogP contribution in [-0.2, 0) is 0 Å². The van der Waals surface area contributed by atoms with Gasteiger partial charge in [0.25, 0.3) is 0 Å². The van der Waals surface area contributed by atoms with Gasteiger partial charge in [-0.05, 0) is 28.1 Å². The van der Waals surface area contributed by atoms with E-state index in [2.05, 4.69) is 47.1 Å². The van der Waals surface area contributed by atoms with E-state index in [0.717, 1.165) is 10.0 Å². The van der Waals surface area contributed by atoms with Gasteiger partial charge in [-0.25, -0.2) is 5.10 Å². The molecule has 0 atom stereocenters. The van der Waals surface area contributed by atoms with Crippen LogP contribution >= 0.6 is 15.9 Å². The first kappa shape index (κ1) is 13.3. The second kappa shape index (κ2) is 6.14. The molecule has 0 fully saturated rings. The lowest BCUT2D eigenvalue weighted by Gasteiger charge is -2.09. The molecule has 0 spiro atoms. The molecule has 0 saturated carbocycles. The molecule has 2 rings (SSSR count). The molecular formula is C10H10BrN6O2-.